The zero-order chi connectivity index (χ0) is 16.8. The lowest BCUT2D eigenvalue weighted by Gasteiger charge is -2.29. The summed E-state index contributed by atoms with van der Waals surface area (Å²) in [7, 11) is 0. The topological polar surface area (TPSA) is 12.5 Å². The lowest BCUT2D eigenvalue weighted by Crippen LogP contribution is -2.36. The molecule has 1 saturated heterocycles. The number of ether oxygens (including phenoxy) is 1. The van der Waals surface area contributed by atoms with E-state index in [1.165, 1.54) is 24.1 Å². The maximum absolute atomic E-state index is 5.36. The quantitative estimate of drug-likeness (QED) is 0.700. The number of anilines is 1. The summed E-state index contributed by atoms with van der Waals surface area (Å²) in [6.45, 7) is 17.8. The first-order chi connectivity index (χ1) is 10.6. The van der Waals surface area contributed by atoms with Crippen LogP contribution in [0.3, 0.4) is 0 Å². The molecule has 0 amide bonds. The van der Waals surface area contributed by atoms with Crippen molar-refractivity contribution in [2.24, 2.45) is 5.92 Å². The summed E-state index contributed by atoms with van der Waals surface area (Å²) >= 11 is 0. The van der Waals surface area contributed by atoms with Crippen molar-refractivity contribution in [2.75, 3.05) is 31.2 Å². The summed E-state index contributed by atoms with van der Waals surface area (Å²) in [4.78, 5) is 2.39. The third-order valence-electron chi connectivity index (χ3n) is 2.96. The number of benzene rings is 1. The normalized spacial score (nSPS) is 13.6. The first kappa shape index (κ1) is 20.7. The lowest BCUT2D eigenvalue weighted by molar-refractivity contribution is 0.122. The molecule has 0 atom stereocenters. The Morgan fingerprint density at radius 3 is 2.00 bits per heavy atom. The standard InChI is InChI=1S/C14H21NO.C3H8.C3H6/c1-12(2)11-13-3-5-14(6-4-13)15-7-9-16-10-8-15;2*1-3-2/h3-6,12H,7-11H2,1-2H3;3H2,1-2H3;3H,1H2,2H3. The minimum Gasteiger partial charge on any atom is -0.378 e. The molecule has 1 heterocycles. The van der Waals surface area contributed by atoms with Crippen LogP contribution < -0.4 is 4.90 Å². The molecule has 0 spiro atoms. The molecule has 2 rings (SSSR count). The molecule has 0 N–H and O–H groups in total. The molecule has 2 nitrogen and oxygen atoms in total. The molecule has 0 unspecified atom stereocenters. The highest BCUT2D eigenvalue weighted by Crippen LogP contribution is 2.18. The number of hydrogen-bond acceptors (Lipinski definition) is 2. The Labute approximate surface area is 138 Å². The highest BCUT2D eigenvalue weighted by atomic mass is 16.5. The first-order valence-corrected chi connectivity index (χ1v) is 8.57. The van der Waals surface area contributed by atoms with E-state index in [0.717, 1.165) is 32.2 Å². The fourth-order valence-corrected chi connectivity index (χ4v) is 2.14. The van der Waals surface area contributed by atoms with Gasteiger partial charge in [-0.3, -0.25) is 0 Å². The second-order valence-corrected chi connectivity index (χ2v) is 5.98. The highest BCUT2D eigenvalue weighted by Gasteiger charge is 2.10. The van der Waals surface area contributed by atoms with Crippen LogP contribution in [-0.2, 0) is 11.2 Å². The molecule has 1 fully saturated rings. The van der Waals surface area contributed by atoms with Gasteiger partial charge >= 0.3 is 0 Å². The van der Waals surface area contributed by atoms with E-state index in [0.29, 0.717) is 0 Å². The molecule has 1 aromatic carbocycles. The molecule has 126 valence electrons. The van der Waals surface area contributed by atoms with E-state index in [1.807, 2.05) is 6.92 Å². The maximum atomic E-state index is 5.36. The molecule has 0 aromatic heterocycles. The van der Waals surface area contributed by atoms with Gasteiger partial charge in [-0.25, -0.2) is 0 Å². The number of hydrogen-bond donors (Lipinski definition) is 0. The van der Waals surface area contributed by atoms with Crippen molar-refractivity contribution >= 4 is 5.69 Å². The van der Waals surface area contributed by atoms with E-state index in [4.69, 9.17) is 4.74 Å². The number of rotatable bonds is 3. The molecule has 2 heteroatoms. The molecule has 0 aliphatic carbocycles. The SMILES string of the molecule is C=CC.CC(C)Cc1ccc(N2CCOCC2)cc1.CCC. The summed E-state index contributed by atoms with van der Waals surface area (Å²) in [5.41, 5.74) is 2.77. The Hall–Kier alpha value is -1.28. The van der Waals surface area contributed by atoms with Crippen LogP contribution in [0.25, 0.3) is 0 Å². The molecular formula is C20H35NO. The average Bonchev–Trinajstić information content (AvgIpc) is 2.50. The number of nitrogens with zero attached hydrogens (tertiary/aromatic N) is 1. The van der Waals surface area contributed by atoms with Crippen LogP contribution in [0, 0.1) is 5.92 Å². The van der Waals surface area contributed by atoms with Gasteiger partial charge in [0, 0.05) is 18.8 Å². The minimum atomic E-state index is 0.731. The van der Waals surface area contributed by atoms with Gasteiger partial charge in [0.2, 0.25) is 0 Å². The monoisotopic (exact) mass is 305 g/mol. The van der Waals surface area contributed by atoms with Crippen LogP contribution in [0.5, 0.6) is 0 Å². The maximum Gasteiger partial charge on any atom is 0.0642 e. The van der Waals surface area contributed by atoms with Crippen molar-refractivity contribution in [3.63, 3.8) is 0 Å². The summed E-state index contributed by atoms with van der Waals surface area (Å²) in [6.07, 6.45) is 4.17. The van der Waals surface area contributed by atoms with Crippen molar-refractivity contribution in [2.45, 2.75) is 47.5 Å². The smallest absolute Gasteiger partial charge is 0.0642 e. The van der Waals surface area contributed by atoms with Gasteiger partial charge in [-0.15, -0.1) is 6.58 Å². The molecule has 0 radical (unpaired) electrons. The van der Waals surface area contributed by atoms with Crippen molar-refractivity contribution in [1.82, 2.24) is 0 Å². The van der Waals surface area contributed by atoms with Crippen LogP contribution in [-0.4, -0.2) is 26.3 Å². The van der Waals surface area contributed by atoms with Crippen LogP contribution in [0.2, 0.25) is 0 Å². The van der Waals surface area contributed by atoms with Gasteiger partial charge in [0.05, 0.1) is 13.2 Å². The molecule has 1 aromatic rings. The summed E-state index contributed by atoms with van der Waals surface area (Å²) in [6, 6.07) is 8.99. The third-order valence-corrected chi connectivity index (χ3v) is 2.96. The number of morpholine rings is 1. The Bertz CT molecular complexity index is 364. The van der Waals surface area contributed by atoms with E-state index in [1.54, 1.807) is 6.08 Å². The van der Waals surface area contributed by atoms with Crippen molar-refractivity contribution < 1.29 is 4.74 Å². The molecular weight excluding hydrogens is 270 g/mol. The first-order valence-electron chi connectivity index (χ1n) is 8.57. The van der Waals surface area contributed by atoms with Gasteiger partial charge in [0.15, 0.2) is 0 Å². The van der Waals surface area contributed by atoms with Gasteiger partial charge in [-0.05, 0) is 37.0 Å². The van der Waals surface area contributed by atoms with E-state index in [2.05, 4.69) is 63.4 Å². The molecule has 0 bridgehead atoms. The van der Waals surface area contributed by atoms with Gasteiger partial charge in [-0.2, -0.15) is 0 Å². The van der Waals surface area contributed by atoms with E-state index >= 15 is 0 Å². The summed E-state index contributed by atoms with van der Waals surface area (Å²) in [5.74, 6) is 0.731. The van der Waals surface area contributed by atoms with Crippen LogP contribution in [0.15, 0.2) is 36.9 Å². The van der Waals surface area contributed by atoms with Crippen molar-refractivity contribution in [3.05, 3.63) is 42.5 Å². The fraction of sp³-hybridized carbons (Fsp3) is 0.600. The molecule has 1 aliphatic rings. The second-order valence-electron chi connectivity index (χ2n) is 5.98. The number of allylic oxidation sites excluding steroid dienone is 1. The van der Waals surface area contributed by atoms with Gasteiger partial charge in [-0.1, -0.05) is 52.3 Å². The zero-order valence-electron chi connectivity index (χ0n) is 15.3. The van der Waals surface area contributed by atoms with Crippen LogP contribution in [0.4, 0.5) is 5.69 Å². The van der Waals surface area contributed by atoms with E-state index < -0.39 is 0 Å². The van der Waals surface area contributed by atoms with Gasteiger partial charge < -0.3 is 9.64 Å². The summed E-state index contributed by atoms with van der Waals surface area (Å²) < 4.78 is 5.36. The molecule has 1 aliphatic heterocycles. The zero-order valence-corrected chi connectivity index (χ0v) is 15.3. The second kappa shape index (κ2) is 13.4. The van der Waals surface area contributed by atoms with Gasteiger partial charge in [0.25, 0.3) is 0 Å². The molecule has 0 saturated carbocycles. The highest BCUT2D eigenvalue weighted by molar-refractivity contribution is 5.47. The average molecular weight is 306 g/mol. The van der Waals surface area contributed by atoms with Crippen LogP contribution in [0.1, 0.15) is 46.6 Å². The largest absolute Gasteiger partial charge is 0.378 e. The predicted molar refractivity (Wildman–Crippen MR) is 99.9 cm³/mol. The molecule has 22 heavy (non-hydrogen) atoms. The third kappa shape index (κ3) is 9.62. The van der Waals surface area contributed by atoms with Crippen LogP contribution >= 0.6 is 0 Å². The Kier molecular flexibility index (Phi) is 12.6. The Balaban J connectivity index is 0.000000639. The Morgan fingerprint density at radius 1 is 1.14 bits per heavy atom. The van der Waals surface area contributed by atoms with E-state index in [9.17, 15) is 0 Å². The Morgan fingerprint density at radius 2 is 1.59 bits per heavy atom. The van der Waals surface area contributed by atoms with Gasteiger partial charge in [0.1, 0.15) is 0 Å². The predicted octanol–water partition coefficient (Wildman–Crippen LogP) is 5.33. The lowest BCUT2D eigenvalue weighted by atomic mass is 10.0. The fourth-order valence-electron chi connectivity index (χ4n) is 2.14. The van der Waals surface area contributed by atoms with E-state index in [-0.39, 0.29) is 0 Å². The van der Waals surface area contributed by atoms with Crippen molar-refractivity contribution in [3.8, 4) is 0 Å². The van der Waals surface area contributed by atoms with Crippen molar-refractivity contribution in [1.29, 1.82) is 0 Å². The summed E-state index contributed by atoms with van der Waals surface area (Å²) in [5, 5.41) is 0. The minimum absolute atomic E-state index is 0.731.